The second-order valence-corrected chi connectivity index (χ2v) is 8.46. The van der Waals surface area contributed by atoms with Gasteiger partial charge < -0.3 is 19.5 Å². The number of hydrogen-bond donors (Lipinski definition) is 1. The van der Waals surface area contributed by atoms with Gasteiger partial charge in [0.2, 0.25) is 5.91 Å². The lowest BCUT2D eigenvalue weighted by molar-refractivity contribution is -0.143. The Labute approximate surface area is 196 Å². The lowest BCUT2D eigenvalue weighted by Crippen LogP contribution is -2.36. The first kappa shape index (κ1) is 22.1. The van der Waals surface area contributed by atoms with Gasteiger partial charge in [0.05, 0.1) is 6.61 Å². The fraction of sp³-hybridized carbons (Fsp3) is 0.360. The van der Waals surface area contributed by atoms with E-state index in [9.17, 15) is 14.7 Å². The van der Waals surface area contributed by atoms with Gasteiger partial charge in [-0.05, 0) is 48.7 Å². The number of benzene rings is 2. The molecule has 0 bridgehead atoms. The summed E-state index contributed by atoms with van der Waals surface area (Å²) in [5.74, 6) is -0.166. The number of epoxide rings is 1. The first-order valence-corrected chi connectivity index (χ1v) is 11.5. The summed E-state index contributed by atoms with van der Waals surface area (Å²) in [7, 11) is 0. The Bertz CT molecular complexity index is 1200. The Morgan fingerprint density at radius 1 is 1.09 bits per heavy atom. The molecule has 2 aromatic carbocycles. The highest BCUT2D eigenvalue weighted by Crippen LogP contribution is 2.31. The summed E-state index contributed by atoms with van der Waals surface area (Å²) >= 11 is 0. The Morgan fingerprint density at radius 2 is 1.88 bits per heavy atom. The molecule has 2 atom stereocenters. The van der Waals surface area contributed by atoms with Crippen molar-refractivity contribution in [3.8, 4) is 11.4 Å². The number of nitrogens with zero attached hydrogens (tertiary/aromatic N) is 4. The van der Waals surface area contributed by atoms with Crippen molar-refractivity contribution in [1.82, 2.24) is 19.9 Å². The van der Waals surface area contributed by atoms with E-state index in [0.29, 0.717) is 31.5 Å². The number of unbranched alkanes of at least 4 members (excludes halogenated alkanes) is 2. The normalized spacial score (nSPS) is 18.8. The zero-order valence-corrected chi connectivity index (χ0v) is 18.7. The predicted octanol–water partition coefficient (Wildman–Crippen LogP) is 2.90. The van der Waals surface area contributed by atoms with Crippen molar-refractivity contribution in [2.75, 3.05) is 13.2 Å². The zero-order valence-electron chi connectivity index (χ0n) is 18.7. The quantitative estimate of drug-likeness (QED) is 0.280. The van der Waals surface area contributed by atoms with E-state index in [4.69, 9.17) is 9.47 Å². The number of amides is 1. The van der Waals surface area contributed by atoms with Crippen molar-refractivity contribution < 1.29 is 24.2 Å². The van der Waals surface area contributed by atoms with Crippen LogP contribution in [0.25, 0.3) is 16.7 Å². The molecule has 1 amide bonds. The Hall–Kier alpha value is -3.72. The van der Waals surface area contributed by atoms with E-state index < -0.39 is 0 Å². The summed E-state index contributed by atoms with van der Waals surface area (Å²) in [6.07, 6.45) is 6.59. The molecule has 1 saturated heterocycles. The van der Waals surface area contributed by atoms with E-state index in [2.05, 4.69) is 10.2 Å². The number of aromatic nitrogens is 3. The summed E-state index contributed by atoms with van der Waals surface area (Å²) in [5, 5.41) is 19.1. The monoisotopic (exact) mass is 462 g/mol. The molecular weight excluding hydrogens is 436 g/mol. The van der Waals surface area contributed by atoms with Crippen LogP contribution in [0.4, 0.5) is 0 Å². The SMILES string of the molecule is O=C(CCCCCN1C(=O)C=CC2OC21)OCCc1ccc(O)c(-n2nc3ccccc3n2)c1. The van der Waals surface area contributed by atoms with Gasteiger partial charge >= 0.3 is 5.97 Å². The van der Waals surface area contributed by atoms with Gasteiger partial charge in [0.15, 0.2) is 6.23 Å². The number of fused-ring (bicyclic) bond motifs is 2. The molecule has 176 valence electrons. The Morgan fingerprint density at radius 3 is 2.68 bits per heavy atom. The molecule has 0 spiro atoms. The van der Waals surface area contributed by atoms with E-state index in [-0.39, 0.29) is 36.6 Å². The van der Waals surface area contributed by atoms with Crippen molar-refractivity contribution in [3.05, 3.63) is 60.2 Å². The van der Waals surface area contributed by atoms with Gasteiger partial charge in [-0.1, -0.05) is 24.6 Å². The minimum atomic E-state index is -0.235. The van der Waals surface area contributed by atoms with Crippen molar-refractivity contribution in [2.45, 2.75) is 44.4 Å². The number of ether oxygens (including phenoxy) is 2. The average Bonchev–Trinajstić information content (AvgIpc) is 3.50. The van der Waals surface area contributed by atoms with Crippen LogP contribution in [0.1, 0.15) is 31.2 Å². The van der Waals surface area contributed by atoms with E-state index in [1.807, 2.05) is 24.3 Å². The first-order chi connectivity index (χ1) is 16.6. The molecule has 0 saturated carbocycles. The summed E-state index contributed by atoms with van der Waals surface area (Å²) in [5.41, 5.74) is 2.87. The average molecular weight is 463 g/mol. The maximum Gasteiger partial charge on any atom is 0.305 e. The maximum atomic E-state index is 12.1. The minimum absolute atomic E-state index is 0.00726. The summed E-state index contributed by atoms with van der Waals surface area (Å²) < 4.78 is 10.8. The van der Waals surface area contributed by atoms with Gasteiger partial charge in [0.1, 0.15) is 28.6 Å². The molecule has 34 heavy (non-hydrogen) atoms. The highest BCUT2D eigenvalue weighted by Gasteiger charge is 2.46. The van der Waals surface area contributed by atoms with Crippen molar-refractivity contribution in [3.63, 3.8) is 0 Å². The first-order valence-electron chi connectivity index (χ1n) is 11.5. The van der Waals surface area contributed by atoms with E-state index in [0.717, 1.165) is 29.4 Å². The molecule has 2 aliphatic rings. The molecule has 1 fully saturated rings. The maximum absolute atomic E-state index is 12.1. The van der Waals surface area contributed by atoms with Gasteiger partial charge in [-0.25, -0.2) is 0 Å². The predicted molar refractivity (Wildman–Crippen MR) is 123 cm³/mol. The highest BCUT2D eigenvalue weighted by molar-refractivity contribution is 5.89. The Balaban J connectivity index is 1.04. The van der Waals surface area contributed by atoms with Crippen LogP contribution in [0, 0.1) is 0 Å². The number of phenolic OH excluding ortho intramolecular Hbond substituents is 1. The second kappa shape index (κ2) is 9.64. The lowest BCUT2D eigenvalue weighted by atomic mass is 10.1. The molecule has 3 aromatic rings. The van der Waals surface area contributed by atoms with Gasteiger partial charge in [0, 0.05) is 25.5 Å². The van der Waals surface area contributed by atoms with Gasteiger partial charge in [-0.3, -0.25) is 9.59 Å². The number of rotatable bonds is 10. The number of carbonyl (C=O) groups is 2. The van der Waals surface area contributed by atoms with Crippen molar-refractivity contribution in [2.24, 2.45) is 0 Å². The molecule has 3 heterocycles. The molecule has 1 aromatic heterocycles. The van der Waals surface area contributed by atoms with E-state index in [1.54, 1.807) is 35.3 Å². The third kappa shape index (κ3) is 4.94. The van der Waals surface area contributed by atoms with Crippen molar-refractivity contribution in [1.29, 1.82) is 0 Å². The molecule has 0 radical (unpaired) electrons. The summed E-state index contributed by atoms with van der Waals surface area (Å²) in [4.78, 5) is 27.1. The third-order valence-corrected chi connectivity index (χ3v) is 6.00. The number of aromatic hydroxyl groups is 1. The molecule has 2 aliphatic heterocycles. The van der Waals surface area contributed by atoms with Crippen molar-refractivity contribution >= 4 is 22.9 Å². The molecule has 2 unspecified atom stereocenters. The van der Waals surface area contributed by atoms with Crippen LogP contribution in [0.2, 0.25) is 0 Å². The Kier molecular flexibility index (Phi) is 6.27. The van der Waals surface area contributed by atoms with Crippen LogP contribution in [-0.4, -0.2) is 62.4 Å². The zero-order chi connectivity index (χ0) is 23.5. The molecule has 0 aliphatic carbocycles. The fourth-order valence-corrected chi connectivity index (χ4v) is 4.08. The van der Waals surface area contributed by atoms with Gasteiger partial charge in [0.25, 0.3) is 0 Å². The van der Waals surface area contributed by atoms with Crippen LogP contribution < -0.4 is 0 Å². The van der Waals surface area contributed by atoms with Crippen LogP contribution in [-0.2, 0) is 25.5 Å². The fourth-order valence-electron chi connectivity index (χ4n) is 4.08. The van der Waals surface area contributed by atoms with Crippen LogP contribution in [0.3, 0.4) is 0 Å². The molecule has 9 heteroatoms. The number of carbonyl (C=O) groups excluding carboxylic acids is 2. The highest BCUT2D eigenvalue weighted by atomic mass is 16.6. The molecule has 1 N–H and O–H groups in total. The van der Waals surface area contributed by atoms with Crippen LogP contribution in [0.15, 0.2) is 54.6 Å². The largest absolute Gasteiger partial charge is 0.506 e. The van der Waals surface area contributed by atoms with E-state index in [1.165, 1.54) is 4.80 Å². The van der Waals surface area contributed by atoms with Gasteiger partial charge in [-0.15, -0.1) is 15.0 Å². The summed E-state index contributed by atoms with van der Waals surface area (Å²) in [6, 6.07) is 12.7. The number of esters is 1. The van der Waals surface area contributed by atoms with Crippen LogP contribution in [0.5, 0.6) is 5.75 Å². The minimum Gasteiger partial charge on any atom is -0.506 e. The third-order valence-electron chi connectivity index (χ3n) is 6.00. The smallest absolute Gasteiger partial charge is 0.305 e. The van der Waals surface area contributed by atoms with Gasteiger partial charge in [-0.2, -0.15) is 0 Å². The topological polar surface area (TPSA) is 110 Å². The van der Waals surface area contributed by atoms with Crippen LogP contribution >= 0.6 is 0 Å². The second-order valence-electron chi connectivity index (χ2n) is 8.46. The number of hydrogen-bond acceptors (Lipinski definition) is 7. The summed E-state index contributed by atoms with van der Waals surface area (Å²) in [6.45, 7) is 0.899. The lowest BCUT2D eigenvalue weighted by Gasteiger charge is -2.20. The standard InChI is InChI=1S/C25H26N4O5/c30-21-10-9-17(16-20(21)29-26-18-6-3-4-7-19(18)27-29)13-15-33-24(32)8-2-1-5-14-28-23(31)12-11-22-25(28)34-22/h3-4,6-7,9-12,16,22,25,30H,1-2,5,8,13-15H2. The van der Waals surface area contributed by atoms with E-state index >= 15 is 0 Å². The number of phenols is 1. The molecule has 9 nitrogen and oxygen atoms in total. The molecule has 5 rings (SSSR count). The molecular formula is C25H26N4O5.